The molecule has 0 bridgehead atoms. The maximum Gasteiger partial charge on any atom is 0.252 e. The van der Waals surface area contributed by atoms with Crippen LogP contribution in [-0.2, 0) is 4.79 Å². The zero-order valence-corrected chi connectivity index (χ0v) is 15.1. The molecule has 2 aromatic rings. The molecule has 138 valence electrons. The first-order chi connectivity index (χ1) is 12.5. The molecule has 2 amide bonds. The predicted octanol–water partition coefficient (Wildman–Crippen LogP) is 3.10. The summed E-state index contributed by atoms with van der Waals surface area (Å²) < 4.78 is 18.5. The number of halogens is 2. The first-order valence-electron chi connectivity index (χ1n) is 8.15. The molecule has 7 heteroatoms. The van der Waals surface area contributed by atoms with Crippen molar-refractivity contribution in [2.24, 2.45) is 0 Å². The highest BCUT2D eigenvalue weighted by atomic mass is 35.5. The van der Waals surface area contributed by atoms with Gasteiger partial charge in [-0.1, -0.05) is 29.3 Å². The lowest BCUT2D eigenvalue weighted by Gasteiger charge is -2.09. The van der Waals surface area contributed by atoms with Crippen LogP contribution in [0.3, 0.4) is 0 Å². The van der Waals surface area contributed by atoms with Crippen LogP contribution in [0.2, 0.25) is 5.02 Å². The molecule has 0 aliphatic rings. The van der Waals surface area contributed by atoms with E-state index in [4.69, 9.17) is 16.3 Å². The number of rotatable bonds is 8. The van der Waals surface area contributed by atoms with Crippen LogP contribution in [0.4, 0.5) is 4.39 Å². The fraction of sp³-hybridized carbons (Fsp3) is 0.263. The molecular weight excluding hydrogens is 359 g/mol. The van der Waals surface area contributed by atoms with Gasteiger partial charge in [0, 0.05) is 13.0 Å². The highest BCUT2D eigenvalue weighted by Gasteiger charge is 2.11. The fourth-order valence-corrected chi connectivity index (χ4v) is 2.39. The van der Waals surface area contributed by atoms with E-state index in [0.29, 0.717) is 13.2 Å². The van der Waals surface area contributed by atoms with Crippen molar-refractivity contribution in [3.8, 4) is 5.75 Å². The van der Waals surface area contributed by atoms with Crippen molar-refractivity contribution in [1.82, 2.24) is 10.6 Å². The second kappa shape index (κ2) is 9.77. The summed E-state index contributed by atoms with van der Waals surface area (Å²) in [6, 6.07) is 11.2. The van der Waals surface area contributed by atoms with E-state index < -0.39 is 11.7 Å². The van der Waals surface area contributed by atoms with E-state index in [1.807, 2.05) is 31.2 Å². The molecular formula is C19H20ClFN2O3. The summed E-state index contributed by atoms with van der Waals surface area (Å²) in [4.78, 5) is 23.7. The number of aryl methyl sites for hydroxylation is 1. The van der Waals surface area contributed by atoms with Gasteiger partial charge in [-0.05, 0) is 37.3 Å². The molecule has 2 N–H and O–H groups in total. The predicted molar refractivity (Wildman–Crippen MR) is 98.0 cm³/mol. The van der Waals surface area contributed by atoms with Crippen LogP contribution in [0.25, 0.3) is 0 Å². The molecule has 0 aliphatic heterocycles. The molecule has 0 atom stereocenters. The van der Waals surface area contributed by atoms with Crippen molar-refractivity contribution >= 4 is 23.4 Å². The fourth-order valence-electron chi connectivity index (χ4n) is 2.14. The van der Waals surface area contributed by atoms with Gasteiger partial charge in [-0.15, -0.1) is 0 Å². The standard InChI is InChI=1S/C19H20ClFN2O3/c1-13-2-5-15(6-3-13)26-11-10-22-18(24)8-9-23-19(25)16-7-4-14(21)12-17(16)20/h2-7,12H,8-11H2,1H3,(H,22,24)(H,23,25). The zero-order valence-electron chi connectivity index (χ0n) is 14.4. The summed E-state index contributed by atoms with van der Waals surface area (Å²) >= 11 is 5.82. The number of carbonyl (C=O) groups excluding carboxylic acids is 2. The number of benzene rings is 2. The molecule has 0 aliphatic carbocycles. The summed E-state index contributed by atoms with van der Waals surface area (Å²) in [6.45, 7) is 2.86. The Morgan fingerprint density at radius 1 is 1.08 bits per heavy atom. The molecule has 2 aromatic carbocycles. The zero-order chi connectivity index (χ0) is 18.9. The van der Waals surface area contributed by atoms with E-state index in [1.165, 1.54) is 6.07 Å². The Hall–Kier alpha value is -2.60. The Morgan fingerprint density at radius 3 is 2.50 bits per heavy atom. The first-order valence-corrected chi connectivity index (χ1v) is 8.53. The van der Waals surface area contributed by atoms with Crippen LogP contribution >= 0.6 is 11.6 Å². The SMILES string of the molecule is Cc1ccc(OCCNC(=O)CCNC(=O)c2ccc(F)cc2Cl)cc1. The van der Waals surface area contributed by atoms with Gasteiger partial charge in [0.15, 0.2) is 0 Å². The van der Waals surface area contributed by atoms with E-state index in [2.05, 4.69) is 10.6 Å². The highest BCUT2D eigenvalue weighted by Crippen LogP contribution is 2.16. The molecule has 0 heterocycles. The topological polar surface area (TPSA) is 67.4 Å². The Labute approximate surface area is 156 Å². The van der Waals surface area contributed by atoms with E-state index in [9.17, 15) is 14.0 Å². The smallest absolute Gasteiger partial charge is 0.252 e. The van der Waals surface area contributed by atoms with Gasteiger partial charge in [-0.3, -0.25) is 9.59 Å². The molecule has 26 heavy (non-hydrogen) atoms. The Balaban J connectivity index is 1.62. The molecule has 2 rings (SSSR count). The quantitative estimate of drug-likeness (QED) is 0.693. The Bertz CT molecular complexity index is 766. The lowest BCUT2D eigenvalue weighted by molar-refractivity contribution is -0.121. The minimum atomic E-state index is -0.515. The van der Waals surface area contributed by atoms with Crippen LogP contribution in [-0.4, -0.2) is 31.5 Å². The van der Waals surface area contributed by atoms with Crippen molar-refractivity contribution in [2.45, 2.75) is 13.3 Å². The summed E-state index contributed by atoms with van der Waals surface area (Å²) in [7, 11) is 0. The van der Waals surface area contributed by atoms with Crippen LogP contribution in [0, 0.1) is 12.7 Å². The molecule has 0 fully saturated rings. The number of carbonyl (C=O) groups is 2. The van der Waals surface area contributed by atoms with Gasteiger partial charge in [0.05, 0.1) is 17.1 Å². The van der Waals surface area contributed by atoms with Gasteiger partial charge in [0.1, 0.15) is 18.2 Å². The summed E-state index contributed by atoms with van der Waals surface area (Å²) in [5.74, 6) is -0.430. The molecule has 0 aromatic heterocycles. The third-order valence-corrected chi connectivity index (χ3v) is 3.84. The van der Waals surface area contributed by atoms with Gasteiger partial charge in [0.2, 0.25) is 5.91 Å². The highest BCUT2D eigenvalue weighted by molar-refractivity contribution is 6.33. The lowest BCUT2D eigenvalue weighted by atomic mass is 10.2. The number of hydrogen-bond acceptors (Lipinski definition) is 3. The van der Waals surface area contributed by atoms with Gasteiger partial charge in [-0.25, -0.2) is 4.39 Å². The van der Waals surface area contributed by atoms with Crippen molar-refractivity contribution < 1.29 is 18.7 Å². The molecule has 0 saturated carbocycles. The molecule has 0 spiro atoms. The van der Waals surface area contributed by atoms with Gasteiger partial charge in [-0.2, -0.15) is 0 Å². The molecule has 0 radical (unpaired) electrons. The molecule has 5 nitrogen and oxygen atoms in total. The van der Waals surface area contributed by atoms with Crippen LogP contribution in [0.5, 0.6) is 5.75 Å². The van der Waals surface area contributed by atoms with E-state index >= 15 is 0 Å². The summed E-state index contributed by atoms with van der Waals surface area (Å²) in [6.07, 6.45) is 0.120. The van der Waals surface area contributed by atoms with Gasteiger partial charge < -0.3 is 15.4 Å². The molecule has 0 unspecified atom stereocenters. The minimum Gasteiger partial charge on any atom is -0.492 e. The van der Waals surface area contributed by atoms with Crippen LogP contribution in [0.1, 0.15) is 22.3 Å². The van der Waals surface area contributed by atoms with Crippen molar-refractivity contribution in [2.75, 3.05) is 19.7 Å². The van der Waals surface area contributed by atoms with Crippen molar-refractivity contribution in [1.29, 1.82) is 0 Å². The second-order valence-electron chi connectivity index (χ2n) is 5.64. The van der Waals surface area contributed by atoms with Gasteiger partial charge in [0.25, 0.3) is 5.91 Å². The van der Waals surface area contributed by atoms with E-state index in [-0.39, 0.29) is 29.5 Å². The van der Waals surface area contributed by atoms with Gasteiger partial charge >= 0.3 is 0 Å². The monoisotopic (exact) mass is 378 g/mol. The number of nitrogens with one attached hydrogen (secondary N) is 2. The average Bonchev–Trinajstić information content (AvgIpc) is 2.60. The maximum absolute atomic E-state index is 13.0. The summed E-state index contributed by atoms with van der Waals surface area (Å²) in [5, 5.41) is 5.31. The first kappa shape index (κ1) is 19.7. The average molecular weight is 379 g/mol. The minimum absolute atomic E-state index is 0.0280. The third kappa shape index (κ3) is 6.37. The third-order valence-electron chi connectivity index (χ3n) is 3.53. The number of ether oxygens (including phenoxy) is 1. The largest absolute Gasteiger partial charge is 0.492 e. The second-order valence-corrected chi connectivity index (χ2v) is 6.05. The van der Waals surface area contributed by atoms with Crippen molar-refractivity contribution in [3.63, 3.8) is 0 Å². The number of amides is 2. The Morgan fingerprint density at radius 2 is 1.81 bits per heavy atom. The normalized spacial score (nSPS) is 10.3. The lowest BCUT2D eigenvalue weighted by Crippen LogP contribution is -2.32. The number of hydrogen-bond donors (Lipinski definition) is 2. The van der Waals surface area contributed by atoms with Crippen molar-refractivity contribution in [3.05, 3.63) is 64.4 Å². The maximum atomic E-state index is 13.0. The Kier molecular flexibility index (Phi) is 7.41. The van der Waals surface area contributed by atoms with E-state index in [1.54, 1.807) is 0 Å². The van der Waals surface area contributed by atoms with E-state index in [0.717, 1.165) is 23.4 Å². The van der Waals surface area contributed by atoms with Crippen LogP contribution in [0.15, 0.2) is 42.5 Å². The summed E-state index contributed by atoms with van der Waals surface area (Å²) in [5.41, 5.74) is 1.31. The molecule has 0 saturated heterocycles. The van der Waals surface area contributed by atoms with Crippen LogP contribution < -0.4 is 15.4 Å².